The molecular weight excluding hydrogens is 458 g/mol. The topological polar surface area (TPSA) is 76.0 Å². The lowest BCUT2D eigenvalue weighted by Crippen LogP contribution is -2.39. The van der Waals surface area contributed by atoms with Gasteiger partial charge in [-0.15, -0.1) is 0 Å². The number of allylic oxidation sites excluding steroid dienone is 3. The quantitative estimate of drug-likeness (QED) is 0.613. The molecule has 0 saturated carbocycles. The summed E-state index contributed by atoms with van der Waals surface area (Å²) in [6, 6.07) is 10.0. The highest BCUT2D eigenvalue weighted by Gasteiger charge is 2.28. The first kappa shape index (κ1) is 23.8. The zero-order valence-corrected chi connectivity index (χ0v) is 21.1. The van der Waals surface area contributed by atoms with Gasteiger partial charge in [0, 0.05) is 37.2 Å². The molecule has 0 atom stereocenters. The lowest BCUT2D eigenvalue weighted by atomic mass is 9.87. The summed E-state index contributed by atoms with van der Waals surface area (Å²) in [5.41, 5.74) is 5.78. The normalized spacial score (nSPS) is 19.3. The van der Waals surface area contributed by atoms with Gasteiger partial charge in [-0.05, 0) is 81.8 Å². The number of H-pyrrole nitrogens is 1. The average Bonchev–Trinajstić information content (AvgIpc) is 3.23. The molecule has 2 aromatic rings. The molecule has 182 valence electrons. The van der Waals surface area contributed by atoms with Crippen LogP contribution in [0.25, 0.3) is 5.57 Å². The van der Waals surface area contributed by atoms with Crippen LogP contribution in [-0.2, 0) is 11.2 Å². The minimum atomic E-state index is 0.137. The zero-order valence-electron chi connectivity index (χ0n) is 20.3. The maximum absolute atomic E-state index is 13.4. The third-order valence-electron chi connectivity index (χ3n) is 7.69. The van der Waals surface area contributed by atoms with Gasteiger partial charge in [0.05, 0.1) is 11.6 Å². The zero-order chi connectivity index (χ0) is 24.4. The Kier molecular flexibility index (Phi) is 7.08. The van der Waals surface area contributed by atoms with Crippen molar-refractivity contribution in [3.8, 4) is 6.07 Å². The van der Waals surface area contributed by atoms with Crippen LogP contribution in [0.15, 0.2) is 41.5 Å². The van der Waals surface area contributed by atoms with Crippen molar-refractivity contribution in [2.45, 2.75) is 51.4 Å². The van der Waals surface area contributed by atoms with Crippen LogP contribution in [0.5, 0.6) is 0 Å². The highest BCUT2D eigenvalue weighted by atomic mass is 35.5. The Balaban J connectivity index is 1.24. The SMILES string of the molecule is CC1=C(c2nc(CCN3CCC3)[nH]c2Cl)C=C(C(=O)N2CCC(c3ccc(C#N)cc3)CC2)CC1. The second-order valence-electron chi connectivity index (χ2n) is 9.96. The van der Waals surface area contributed by atoms with Crippen molar-refractivity contribution in [1.82, 2.24) is 19.8 Å². The standard InChI is InChI=1S/C28H32ClN5O/c1-19-3-6-23(17-24(19)26-27(29)32-25(31-26)11-14-33-12-2-13-33)28(35)34-15-9-22(10-16-34)21-7-4-20(18-30)5-8-21/h4-5,7-8,17,22H,2-3,6,9-16H2,1H3,(H,31,32). The molecule has 2 fully saturated rings. The van der Waals surface area contributed by atoms with Gasteiger partial charge in [0.2, 0.25) is 5.91 Å². The van der Waals surface area contributed by atoms with E-state index in [0.717, 1.165) is 74.4 Å². The molecule has 1 aromatic carbocycles. The number of likely N-dealkylation sites (tertiary alicyclic amines) is 2. The van der Waals surface area contributed by atoms with E-state index >= 15 is 0 Å². The summed E-state index contributed by atoms with van der Waals surface area (Å²) < 4.78 is 0. The van der Waals surface area contributed by atoms with E-state index in [2.05, 4.69) is 35.0 Å². The van der Waals surface area contributed by atoms with Crippen molar-refractivity contribution in [1.29, 1.82) is 5.26 Å². The number of piperidine rings is 1. The Bertz CT molecular complexity index is 1190. The number of aromatic nitrogens is 2. The second-order valence-corrected chi connectivity index (χ2v) is 10.3. The Hall–Kier alpha value is -2.88. The molecule has 1 aromatic heterocycles. The molecule has 1 amide bonds. The van der Waals surface area contributed by atoms with Gasteiger partial charge >= 0.3 is 0 Å². The van der Waals surface area contributed by atoms with Crippen molar-refractivity contribution < 1.29 is 4.79 Å². The number of imidazole rings is 1. The van der Waals surface area contributed by atoms with Gasteiger partial charge in [0.1, 0.15) is 16.7 Å². The third-order valence-corrected chi connectivity index (χ3v) is 7.97. The molecule has 0 unspecified atom stereocenters. The fourth-order valence-corrected chi connectivity index (χ4v) is 5.53. The predicted octanol–water partition coefficient (Wildman–Crippen LogP) is 5.08. The first-order valence-corrected chi connectivity index (χ1v) is 13.1. The maximum atomic E-state index is 13.4. The fraction of sp³-hybridized carbons (Fsp3) is 0.464. The van der Waals surface area contributed by atoms with Crippen LogP contribution in [0.4, 0.5) is 0 Å². The van der Waals surface area contributed by atoms with Crippen LogP contribution in [0.3, 0.4) is 0 Å². The Labute approximate surface area is 212 Å². The van der Waals surface area contributed by atoms with Gasteiger partial charge in [-0.2, -0.15) is 5.26 Å². The van der Waals surface area contributed by atoms with E-state index in [-0.39, 0.29) is 5.91 Å². The van der Waals surface area contributed by atoms with Crippen molar-refractivity contribution in [3.63, 3.8) is 0 Å². The Morgan fingerprint density at radius 3 is 2.57 bits per heavy atom. The number of hydrogen-bond donors (Lipinski definition) is 1. The van der Waals surface area contributed by atoms with E-state index in [4.69, 9.17) is 21.8 Å². The van der Waals surface area contributed by atoms with Crippen molar-refractivity contribution in [2.75, 3.05) is 32.7 Å². The first-order valence-electron chi connectivity index (χ1n) is 12.7. The number of amides is 1. The van der Waals surface area contributed by atoms with Crippen molar-refractivity contribution in [2.24, 2.45) is 0 Å². The summed E-state index contributed by atoms with van der Waals surface area (Å²) in [5.74, 6) is 1.48. The van der Waals surface area contributed by atoms with E-state index in [1.165, 1.54) is 30.6 Å². The number of halogens is 1. The van der Waals surface area contributed by atoms with Crippen LogP contribution < -0.4 is 0 Å². The molecule has 0 radical (unpaired) electrons. The number of benzene rings is 1. The van der Waals surface area contributed by atoms with E-state index < -0.39 is 0 Å². The van der Waals surface area contributed by atoms with Gasteiger partial charge in [-0.25, -0.2) is 4.98 Å². The second kappa shape index (κ2) is 10.4. The summed E-state index contributed by atoms with van der Waals surface area (Å²) in [5, 5.41) is 9.58. The molecule has 0 bridgehead atoms. The third kappa shape index (κ3) is 5.22. The van der Waals surface area contributed by atoms with Crippen LogP contribution >= 0.6 is 11.6 Å². The van der Waals surface area contributed by atoms with Gasteiger partial charge in [-0.3, -0.25) is 4.79 Å². The molecular formula is C28H32ClN5O. The largest absolute Gasteiger partial charge is 0.339 e. The lowest BCUT2D eigenvalue weighted by molar-refractivity contribution is -0.128. The summed E-state index contributed by atoms with van der Waals surface area (Å²) in [6.45, 7) is 6.96. The smallest absolute Gasteiger partial charge is 0.249 e. The number of aromatic amines is 1. The molecule has 35 heavy (non-hydrogen) atoms. The number of rotatable bonds is 6. The minimum absolute atomic E-state index is 0.137. The number of nitrogens with one attached hydrogen (secondary N) is 1. The monoisotopic (exact) mass is 489 g/mol. The predicted molar refractivity (Wildman–Crippen MR) is 138 cm³/mol. The molecule has 7 heteroatoms. The van der Waals surface area contributed by atoms with E-state index in [0.29, 0.717) is 16.6 Å². The average molecular weight is 490 g/mol. The first-order chi connectivity index (χ1) is 17.0. The molecule has 1 N–H and O–H groups in total. The lowest BCUT2D eigenvalue weighted by Gasteiger charge is -2.33. The highest BCUT2D eigenvalue weighted by molar-refractivity contribution is 6.31. The molecule has 2 aliphatic heterocycles. The highest BCUT2D eigenvalue weighted by Crippen LogP contribution is 2.35. The molecule has 3 aliphatic rings. The summed E-state index contributed by atoms with van der Waals surface area (Å²) in [6.07, 6.45) is 7.65. The molecule has 0 spiro atoms. The number of nitrogens with zero attached hydrogens (tertiary/aromatic N) is 4. The van der Waals surface area contributed by atoms with Crippen molar-refractivity contribution in [3.05, 3.63) is 69.3 Å². The Morgan fingerprint density at radius 1 is 1.17 bits per heavy atom. The van der Waals surface area contributed by atoms with Crippen LogP contribution in [0.1, 0.15) is 67.6 Å². The maximum Gasteiger partial charge on any atom is 0.249 e. The fourth-order valence-electron chi connectivity index (χ4n) is 5.28. The van der Waals surface area contributed by atoms with Gasteiger partial charge in [0.15, 0.2) is 0 Å². The van der Waals surface area contributed by atoms with Crippen molar-refractivity contribution >= 4 is 23.1 Å². The van der Waals surface area contributed by atoms with Gasteiger partial charge in [-0.1, -0.05) is 29.3 Å². The molecule has 1 aliphatic carbocycles. The van der Waals surface area contributed by atoms with E-state index in [1.807, 2.05) is 23.1 Å². The molecule has 6 nitrogen and oxygen atoms in total. The van der Waals surface area contributed by atoms with E-state index in [9.17, 15) is 4.79 Å². The minimum Gasteiger partial charge on any atom is -0.339 e. The molecule has 5 rings (SSSR count). The van der Waals surface area contributed by atoms with Gasteiger partial charge < -0.3 is 14.8 Å². The summed E-state index contributed by atoms with van der Waals surface area (Å²) >= 11 is 6.57. The number of carbonyl (C=O) groups excluding carboxylic acids is 1. The molecule has 2 saturated heterocycles. The molecule has 3 heterocycles. The number of nitriles is 1. The van der Waals surface area contributed by atoms with Crippen LogP contribution in [0.2, 0.25) is 5.15 Å². The Morgan fingerprint density at radius 2 is 1.91 bits per heavy atom. The van der Waals surface area contributed by atoms with E-state index in [1.54, 1.807) is 0 Å². The van der Waals surface area contributed by atoms with Gasteiger partial charge in [0.25, 0.3) is 0 Å². The van der Waals surface area contributed by atoms with Crippen LogP contribution in [0, 0.1) is 11.3 Å². The van der Waals surface area contributed by atoms with Crippen LogP contribution in [-0.4, -0.2) is 58.4 Å². The number of carbonyl (C=O) groups is 1. The number of hydrogen-bond acceptors (Lipinski definition) is 4. The summed E-state index contributed by atoms with van der Waals surface area (Å²) in [7, 11) is 0. The summed E-state index contributed by atoms with van der Waals surface area (Å²) in [4.78, 5) is 25.9.